The Balaban J connectivity index is 1.92. The number of piperidine rings is 1. The molecule has 0 bridgehead atoms. The highest BCUT2D eigenvalue weighted by atomic mass is 35.5. The maximum atomic E-state index is 13.4. The van der Waals surface area contributed by atoms with Crippen LogP contribution in [0, 0.1) is 5.82 Å². The second-order valence-electron chi connectivity index (χ2n) is 5.86. The van der Waals surface area contributed by atoms with Crippen molar-refractivity contribution in [3.05, 3.63) is 28.0 Å². The van der Waals surface area contributed by atoms with Crippen LogP contribution in [0.2, 0.25) is 10.0 Å². The van der Waals surface area contributed by atoms with Crippen molar-refractivity contribution in [2.75, 3.05) is 31.5 Å². The lowest BCUT2D eigenvalue weighted by Gasteiger charge is -2.37. The van der Waals surface area contributed by atoms with Crippen LogP contribution in [0.4, 0.5) is 14.9 Å². The number of amides is 2. The van der Waals surface area contributed by atoms with E-state index in [2.05, 4.69) is 5.32 Å². The van der Waals surface area contributed by atoms with Crippen molar-refractivity contribution in [1.29, 1.82) is 0 Å². The minimum atomic E-state index is -0.855. The molecule has 9 heteroatoms. The van der Waals surface area contributed by atoms with Gasteiger partial charge in [0.05, 0.1) is 16.6 Å². The Kier molecular flexibility index (Phi) is 6.87. The zero-order valence-electron chi connectivity index (χ0n) is 13.8. The van der Waals surface area contributed by atoms with Gasteiger partial charge in [-0.3, -0.25) is 9.69 Å². The van der Waals surface area contributed by atoms with Crippen LogP contribution in [0.5, 0.6) is 0 Å². The van der Waals surface area contributed by atoms with Crippen LogP contribution in [0.15, 0.2) is 12.1 Å². The van der Waals surface area contributed by atoms with Gasteiger partial charge in [0.1, 0.15) is 0 Å². The number of hydrogen-bond donors (Lipinski definition) is 2. The van der Waals surface area contributed by atoms with E-state index >= 15 is 0 Å². The Bertz CT molecular complexity index is 629. The van der Waals surface area contributed by atoms with Crippen molar-refractivity contribution in [2.45, 2.75) is 25.8 Å². The number of anilines is 1. The standard InChI is InChI=1S/C16H20Cl2FN3O3/c1-2-21(9-14(23)24)11-3-5-22(6-4-11)16(25)20-10-7-12(17)15(19)13(18)8-10/h7-8,11H,2-6,9H2,1H3,(H,20,25)(H,23,24). The number of benzene rings is 1. The van der Waals surface area contributed by atoms with E-state index in [4.69, 9.17) is 28.3 Å². The van der Waals surface area contributed by atoms with E-state index in [0.29, 0.717) is 38.2 Å². The zero-order valence-corrected chi connectivity index (χ0v) is 15.3. The lowest BCUT2D eigenvalue weighted by Crippen LogP contribution is -2.49. The Morgan fingerprint density at radius 2 is 1.88 bits per heavy atom. The van der Waals surface area contributed by atoms with Crippen LogP contribution in [-0.4, -0.2) is 59.1 Å². The third-order valence-electron chi connectivity index (χ3n) is 4.25. The summed E-state index contributed by atoms with van der Waals surface area (Å²) < 4.78 is 13.4. The first-order valence-corrected chi connectivity index (χ1v) is 8.73. The van der Waals surface area contributed by atoms with Gasteiger partial charge in [0.2, 0.25) is 0 Å². The summed E-state index contributed by atoms with van der Waals surface area (Å²) >= 11 is 11.4. The normalized spacial score (nSPS) is 15.5. The summed E-state index contributed by atoms with van der Waals surface area (Å²) in [5.41, 5.74) is 0.324. The zero-order chi connectivity index (χ0) is 18.6. The molecule has 2 amide bonds. The number of carbonyl (C=O) groups is 2. The first kappa shape index (κ1) is 19.8. The monoisotopic (exact) mass is 391 g/mol. The fourth-order valence-corrected chi connectivity index (χ4v) is 3.42. The van der Waals surface area contributed by atoms with Crippen molar-refractivity contribution < 1.29 is 19.1 Å². The largest absolute Gasteiger partial charge is 0.480 e. The molecule has 0 aliphatic carbocycles. The number of carboxylic acids is 1. The quantitative estimate of drug-likeness (QED) is 0.752. The third kappa shape index (κ3) is 5.20. The Morgan fingerprint density at radius 3 is 2.36 bits per heavy atom. The first-order valence-electron chi connectivity index (χ1n) is 7.98. The van der Waals surface area contributed by atoms with Crippen molar-refractivity contribution in [3.8, 4) is 0 Å². The maximum Gasteiger partial charge on any atom is 0.321 e. The number of urea groups is 1. The number of carbonyl (C=O) groups excluding carboxylic acids is 1. The van der Waals surface area contributed by atoms with Crippen LogP contribution >= 0.6 is 23.2 Å². The van der Waals surface area contributed by atoms with E-state index in [1.165, 1.54) is 12.1 Å². The van der Waals surface area contributed by atoms with Gasteiger partial charge >= 0.3 is 12.0 Å². The minimum Gasteiger partial charge on any atom is -0.480 e. The van der Waals surface area contributed by atoms with E-state index in [-0.39, 0.29) is 28.7 Å². The predicted molar refractivity (Wildman–Crippen MR) is 94.9 cm³/mol. The Labute approximate surface area is 155 Å². The number of rotatable bonds is 5. The van der Waals surface area contributed by atoms with Gasteiger partial charge in [-0.1, -0.05) is 30.1 Å². The average Bonchev–Trinajstić information content (AvgIpc) is 2.57. The Morgan fingerprint density at radius 1 is 1.32 bits per heavy atom. The van der Waals surface area contributed by atoms with Gasteiger partial charge in [0, 0.05) is 24.8 Å². The van der Waals surface area contributed by atoms with E-state index in [0.717, 1.165) is 0 Å². The van der Waals surface area contributed by atoms with Gasteiger partial charge in [-0.25, -0.2) is 9.18 Å². The smallest absolute Gasteiger partial charge is 0.321 e. The lowest BCUT2D eigenvalue weighted by molar-refractivity contribution is -0.139. The number of likely N-dealkylation sites (tertiary alicyclic amines) is 1. The number of carboxylic acid groups (broad SMARTS) is 1. The van der Waals surface area contributed by atoms with Gasteiger partial charge in [-0.15, -0.1) is 0 Å². The number of hydrogen-bond acceptors (Lipinski definition) is 3. The molecule has 1 aliphatic rings. The molecule has 1 fully saturated rings. The molecule has 0 saturated carbocycles. The van der Waals surface area contributed by atoms with E-state index in [9.17, 15) is 14.0 Å². The van der Waals surface area contributed by atoms with Crippen LogP contribution in [0.25, 0.3) is 0 Å². The molecule has 1 aromatic rings. The SMILES string of the molecule is CCN(CC(=O)O)C1CCN(C(=O)Nc2cc(Cl)c(F)c(Cl)c2)CC1. The summed E-state index contributed by atoms with van der Waals surface area (Å²) in [5.74, 6) is -1.58. The highest BCUT2D eigenvalue weighted by Crippen LogP contribution is 2.27. The van der Waals surface area contributed by atoms with Crippen LogP contribution in [0.3, 0.4) is 0 Å². The van der Waals surface area contributed by atoms with E-state index in [1.54, 1.807) is 4.90 Å². The maximum absolute atomic E-state index is 13.4. The summed E-state index contributed by atoms with van der Waals surface area (Å²) in [6, 6.07) is 2.43. The fourth-order valence-electron chi connectivity index (χ4n) is 2.94. The molecule has 1 heterocycles. The number of nitrogens with one attached hydrogen (secondary N) is 1. The Hall–Kier alpha value is -1.57. The average molecular weight is 392 g/mol. The highest BCUT2D eigenvalue weighted by molar-refractivity contribution is 6.35. The second kappa shape index (κ2) is 8.69. The molecule has 1 aromatic carbocycles. The molecule has 0 unspecified atom stereocenters. The van der Waals surface area contributed by atoms with Crippen LogP contribution < -0.4 is 5.32 Å². The molecule has 2 rings (SSSR count). The number of aliphatic carboxylic acids is 1. The fraction of sp³-hybridized carbons (Fsp3) is 0.500. The van der Waals surface area contributed by atoms with Crippen molar-refractivity contribution >= 4 is 40.9 Å². The molecule has 1 aliphatic heterocycles. The first-order chi connectivity index (χ1) is 11.8. The van der Waals surface area contributed by atoms with Gasteiger partial charge in [0.25, 0.3) is 0 Å². The predicted octanol–water partition coefficient (Wildman–Crippen LogP) is 3.54. The van der Waals surface area contributed by atoms with Crippen LogP contribution in [0.1, 0.15) is 19.8 Å². The molecule has 0 spiro atoms. The van der Waals surface area contributed by atoms with Gasteiger partial charge in [-0.2, -0.15) is 0 Å². The van der Waals surface area contributed by atoms with E-state index in [1.807, 2.05) is 11.8 Å². The van der Waals surface area contributed by atoms with E-state index < -0.39 is 11.8 Å². The summed E-state index contributed by atoms with van der Waals surface area (Å²) in [7, 11) is 0. The van der Waals surface area contributed by atoms with Gasteiger partial charge in [0.15, 0.2) is 5.82 Å². The van der Waals surface area contributed by atoms with Crippen molar-refractivity contribution in [3.63, 3.8) is 0 Å². The molecule has 0 aromatic heterocycles. The molecule has 2 N–H and O–H groups in total. The topological polar surface area (TPSA) is 72.9 Å². The molecule has 138 valence electrons. The summed E-state index contributed by atoms with van der Waals surface area (Å²) in [6.07, 6.45) is 1.39. The number of likely N-dealkylation sites (N-methyl/N-ethyl adjacent to an activating group) is 1. The summed E-state index contributed by atoms with van der Waals surface area (Å²) in [4.78, 5) is 26.8. The second-order valence-corrected chi connectivity index (χ2v) is 6.67. The number of nitrogens with zero attached hydrogens (tertiary/aromatic N) is 2. The van der Waals surface area contributed by atoms with Crippen molar-refractivity contribution in [1.82, 2.24) is 9.80 Å². The molecular formula is C16H20Cl2FN3O3. The molecular weight excluding hydrogens is 372 g/mol. The van der Waals surface area contributed by atoms with Gasteiger partial charge in [-0.05, 0) is 31.5 Å². The molecule has 0 atom stereocenters. The van der Waals surface area contributed by atoms with Crippen LogP contribution in [-0.2, 0) is 4.79 Å². The van der Waals surface area contributed by atoms with Crippen molar-refractivity contribution in [2.24, 2.45) is 0 Å². The molecule has 1 saturated heterocycles. The summed E-state index contributed by atoms with van der Waals surface area (Å²) in [6.45, 7) is 3.59. The third-order valence-corrected chi connectivity index (χ3v) is 4.80. The molecule has 0 radical (unpaired) electrons. The lowest BCUT2D eigenvalue weighted by atomic mass is 10.0. The molecule has 6 nitrogen and oxygen atoms in total. The summed E-state index contributed by atoms with van der Waals surface area (Å²) in [5, 5.41) is 11.3. The number of halogens is 3. The van der Waals surface area contributed by atoms with Gasteiger partial charge < -0.3 is 15.3 Å². The molecule has 25 heavy (non-hydrogen) atoms. The minimum absolute atomic E-state index is 0.0000588. The highest BCUT2D eigenvalue weighted by Gasteiger charge is 2.27.